The smallest absolute Gasteiger partial charge is 0.870 e. The average molecular weight is 920 g/mol. The van der Waals surface area contributed by atoms with Gasteiger partial charge in [-0.05, 0) is 136 Å². The number of aromatic carboxylic acids is 3. The summed E-state index contributed by atoms with van der Waals surface area (Å²) in [7, 11) is 2.51. The van der Waals surface area contributed by atoms with Gasteiger partial charge < -0.3 is 40.5 Å². The van der Waals surface area contributed by atoms with Gasteiger partial charge in [0.1, 0.15) is 0 Å². The van der Waals surface area contributed by atoms with Crippen molar-refractivity contribution in [3.05, 3.63) is 105 Å². The van der Waals surface area contributed by atoms with E-state index in [1.165, 1.54) is 70.5 Å². The number of ether oxygens (including phenoxy) is 2. The third-order valence-corrected chi connectivity index (χ3v) is 7.19. The number of carbonyl (C=O) groups excluding carboxylic acids is 3. The van der Waals surface area contributed by atoms with Crippen LogP contribution in [0.3, 0.4) is 0 Å². The number of alkyl halides is 1. The van der Waals surface area contributed by atoms with Gasteiger partial charge in [-0.1, -0.05) is 50.3 Å². The first kappa shape index (κ1) is 58.0. The second-order valence-electron chi connectivity index (χ2n) is 12.2. The van der Waals surface area contributed by atoms with Crippen LogP contribution in [-0.4, -0.2) is 107 Å². The van der Waals surface area contributed by atoms with Gasteiger partial charge in [0.25, 0.3) is 5.91 Å². The van der Waals surface area contributed by atoms with E-state index < -0.39 is 29.8 Å². The van der Waals surface area contributed by atoms with Crippen LogP contribution in [-0.2, 0) is 9.47 Å². The molecule has 0 aliphatic heterocycles. The van der Waals surface area contributed by atoms with Crippen molar-refractivity contribution in [1.82, 2.24) is 10.2 Å². The molecule has 0 fully saturated rings. The maximum Gasteiger partial charge on any atom is 1.00 e. The normalized spacial score (nSPS) is 9.45. The molecule has 0 unspecified atom stereocenters. The second-order valence-corrected chi connectivity index (χ2v) is 12.2. The van der Waals surface area contributed by atoms with Crippen LogP contribution >= 0.6 is 22.6 Å². The van der Waals surface area contributed by atoms with Crippen molar-refractivity contribution in [1.29, 1.82) is 0 Å². The molecule has 0 aliphatic carbocycles. The Hall–Kier alpha value is -4.27. The summed E-state index contributed by atoms with van der Waals surface area (Å²) >= 11 is 1.96. The van der Waals surface area contributed by atoms with Crippen molar-refractivity contribution in [3.8, 4) is 0 Å². The number of hydrogen-bond acceptors (Lipinski definition) is 10. The molecule has 3 aromatic carbocycles. The molecule has 0 aliphatic rings. The molecule has 16 heteroatoms. The van der Waals surface area contributed by atoms with Crippen molar-refractivity contribution in [2.75, 3.05) is 45.3 Å². The first-order valence-corrected chi connectivity index (χ1v) is 19.5. The van der Waals surface area contributed by atoms with Gasteiger partial charge in [-0.3, -0.25) is 4.79 Å². The van der Waals surface area contributed by atoms with Gasteiger partial charge in [-0.15, -0.1) is 0 Å². The van der Waals surface area contributed by atoms with Crippen LogP contribution in [0.1, 0.15) is 134 Å². The Morgan fingerprint density at radius 2 is 0.862 bits per heavy atom. The summed E-state index contributed by atoms with van der Waals surface area (Å²) in [4.78, 5) is 69.2. The zero-order valence-corrected chi connectivity index (χ0v) is 37.6. The van der Waals surface area contributed by atoms with Crippen LogP contribution in [0.15, 0.2) is 54.6 Å². The SMILES string of the molecule is CCCN(CCC)C(=O)c1cc(C)cc(C(=O)O)c1.CCCNCCC.COC(=O)c1cc(C)cc(C(=O)O)c1.COC(=O)c1cc(C)cc(C(=O)O)c1.[2H]CI.[Li+].[OH-]. The number of benzene rings is 3. The van der Waals surface area contributed by atoms with Crippen molar-refractivity contribution >= 4 is 58.3 Å². The molecule has 0 atom stereocenters. The summed E-state index contributed by atoms with van der Waals surface area (Å²) in [6.45, 7) is 17.4. The van der Waals surface area contributed by atoms with E-state index >= 15 is 0 Å². The first-order chi connectivity index (χ1) is 26.9. The molecule has 0 spiro atoms. The predicted octanol–water partition coefficient (Wildman–Crippen LogP) is 5.19. The third kappa shape index (κ3) is 24.5. The largest absolute Gasteiger partial charge is 1.00 e. The van der Waals surface area contributed by atoms with Gasteiger partial charge in [0.05, 0.1) is 42.0 Å². The molecule has 3 rings (SSSR count). The first-order valence-electron chi connectivity index (χ1n) is 18.7. The summed E-state index contributed by atoms with van der Waals surface area (Å²) in [6, 6.07) is 13.5. The fraction of sp³-hybridized carbons (Fsp3) is 0.429. The Morgan fingerprint density at radius 3 is 1.12 bits per heavy atom. The molecule has 0 heterocycles. The molecule has 318 valence electrons. The van der Waals surface area contributed by atoms with Crippen LogP contribution in [0.4, 0.5) is 0 Å². The fourth-order valence-corrected chi connectivity index (χ4v) is 4.83. The third-order valence-electron chi connectivity index (χ3n) is 7.19. The van der Waals surface area contributed by atoms with E-state index in [9.17, 15) is 28.8 Å². The zero-order chi connectivity index (χ0) is 44.1. The molecule has 0 aromatic heterocycles. The number of carboxylic acid groups (broad SMARTS) is 3. The molecular weight excluding hydrogens is 858 g/mol. The van der Waals surface area contributed by atoms with E-state index in [1.54, 1.807) is 49.9 Å². The van der Waals surface area contributed by atoms with Gasteiger partial charge in [0.15, 0.2) is 0 Å². The minimum Gasteiger partial charge on any atom is -0.870 e. The molecule has 3 aromatic rings. The Labute approximate surface area is 370 Å². The number of nitrogens with one attached hydrogen (secondary N) is 1. The molecule has 0 saturated carbocycles. The van der Waals surface area contributed by atoms with Crippen LogP contribution < -0.4 is 24.2 Å². The minimum absolute atomic E-state index is 0. The van der Waals surface area contributed by atoms with Gasteiger partial charge in [-0.25, -0.2) is 24.0 Å². The Bertz CT molecular complexity index is 1660. The summed E-state index contributed by atoms with van der Waals surface area (Å²) < 4.78 is 15.2. The van der Waals surface area contributed by atoms with E-state index in [-0.39, 0.29) is 58.1 Å². The van der Waals surface area contributed by atoms with Crippen molar-refractivity contribution < 1.29 is 79.3 Å². The minimum atomic E-state index is -1.06. The van der Waals surface area contributed by atoms with Gasteiger partial charge >= 0.3 is 48.7 Å². The van der Waals surface area contributed by atoms with Crippen molar-refractivity contribution in [3.63, 3.8) is 0 Å². The molecule has 5 N–H and O–H groups in total. The summed E-state index contributed by atoms with van der Waals surface area (Å²) in [6.07, 6.45) is 4.28. The Kier molecular flexibility index (Phi) is 34.8. The molecule has 0 bridgehead atoms. The van der Waals surface area contributed by atoms with Crippen LogP contribution in [0, 0.1) is 20.8 Å². The number of rotatable bonds is 14. The van der Waals surface area contributed by atoms with E-state index in [4.69, 9.17) is 16.7 Å². The van der Waals surface area contributed by atoms with Crippen molar-refractivity contribution in [2.24, 2.45) is 0 Å². The van der Waals surface area contributed by atoms with Crippen LogP contribution in [0.25, 0.3) is 0 Å². The number of hydrogen-bond donors (Lipinski definition) is 4. The molecule has 14 nitrogen and oxygen atoms in total. The standard InChI is InChI=1S/C15H21NO3.2C10H10O4.C6H15N.CH3I.Li.H2O/c1-4-6-16(7-5-2)14(17)12-8-11(3)9-13(10-12)15(18)19;2*1-6-3-7(9(11)12)5-8(4-6)10(13)14-2;1-3-5-7-6-4-2;1-2;;/h8-10H,4-7H2,1-3H3,(H,18,19);2*3-5H,1-2H3,(H,11,12);7H,3-6H2,1-2H3;1H3;;1H2/q;;;;;+1;/p-1/i;;;;1D;;. The average Bonchev–Trinajstić information content (AvgIpc) is 3.17. The van der Waals surface area contributed by atoms with E-state index in [1.807, 2.05) is 36.4 Å². The number of methoxy groups -OCH3 is 2. The molecule has 0 radical (unpaired) electrons. The molecular formula is C42H60ILiN2O12. The summed E-state index contributed by atoms with van der Waals surface area (Å²) in [5.41, 5.74) is 3.52. The zero-order valence-electron chi connectivity index (χ0n) is 36.4. The fourth-order valence-electron chi connectivity index (χ4n) is 4.83. The van der Waals surface area contributed by atoms with Gasteiger partial charge in [0, 0.05) is 20.0 Å². The number of halogens is 1. The van der Waals surface area contributed by atoms with Gasteiger partial charge in [-0.2, -0.15) is 0 Å². The Balaban J connectivity index is -0.000000343. The van der Waals surface area contributed by atoms with Gasteiger partial charge in [0.2, 0.25) is 0 Å². The number of carboxylic acids is 3. The molecule has 58 heavy (non-hydrogen) atoms. The summed E-state index contributed by atoms with van der Waals surface area (Å²) in [5, 5.41) is 29.8. The van der Waals surface area contributed by atoms with Crippen molar-refractivity contribution in [2.45, 2.75) is 74.1 Å². The van der Waals surface area contributed by atoms with Crippen LogP contribution in [0.5, 0.6) is 0 Å². The van der Waals surface area contributed by atoms with E-state index in [0.717, 1.165) is 18.4 Å². The number of carbonyl (C=O) groups is 6. The Morgan fingerprint density at radius 1 is 0.586 bits per heavy atom. The van der Waals surface area contributed by atoms with E-state index in [2.05, 4.69) is 28.6 Å². The number of amides is 1. The monoisotopic (exact) mass is 919 g/mol. The topological polar surface area (TPSA) is 227 Å². The van der Waals surface area contributed by atoms with E-state index in [0.29, 0.717) is 34.7 Å². The summed E-state index contributed by atoms with van der Waals surface area (Å²) in [5.74, 6) is -4.27. The number of aryl methyl sites for hydroxylation is 3. The quantitative estimate of drug-likeness (QED) is 0.0538. The predicted molar refractivity (Wildman–Crippen MR) is 229 cm³/mol. The van der Waals surface area contributed by atoms with Crippen LogP contribution in [0.2, 0.25) is 0 Å². The number of nitrogens with zero attached hydrogens (tertiary/aromatic N) is 1. The maximum absolute atomic E-state index is 12.4. The second kappa shape index (κ2) is 34.7. The maximum atomic E-state index is 12.4. The molecule has 0 saturated heterocycles. The number of esters is 2. The molecule has 1 amide bonds.